The maximum absolute atomic E-state index is 11.7. The summed E-state index contributed by atoms with van der Waals surface area (Å²) in [5.41, 5.74) is 0. The average Bonchev–Trinajstić information content (AvgIpc) is 2.14. The largest absolute Gasteiger partial charge is 0.480 e. The van der Waals surface area contributed by atoms with E-state index >= 15 is 0 Å². The molecular weight excluding hydrogens is 246 g/mol. The van der Waals surface area contributed by atoms with Crippen LogP contribution in [0.2, 0.25) is 0 Å². The van der Waals surface area contributed by atoms with E-state index in [0.717, 1.165) is 12.8 Å². The lowest BCUT2D eigenvalue weighted by molar-refractivity contribution is -0.134. The number of rotatable bonds is 4. The molecule has 0 aromatic heterocycles. The lowest BCUT2D eigenvalue weighted by Gasteiger charge is -2.30. The summed E-state index contributed by atoms with van der Waals surface area (Å²) in [7, 11) is -3.84. The van der Waals surface area contributed by atoms with Gasteiger partial charge in [-0.1, -0.05) is 6.92 Å². The smallest absolute Gasteiger partial charge is 0.318 e. The summed E-state index contributed by atoms with van der Waals surface area (Å²) in [6.07, 6.45) is 1.90. The fraction of sp³-hybridized carbons (Fsp3) is 0.800. The van der Waals surface area contributed by atoms with E-state index in [9.17, 15) is 18.0 Å². The Bertz CT molecular complexity index is 403. The molecule has 6 nitrogen and oxygen atoms in total. The molecule has 0 aromatic rings. The van der Waals surface area contributed by atoms with Crippen molar-refractivity contribution in [2.75, 3.05) is 24.6 Å². The minimum Gasteiger partial charge on any atom is -0.480 e. The normalized spacial score (nSPS) is 21.2. The van der Waals surface area contributed by atoms with Crippen molar-refractivity contribution in [3.63, 3.8) is 0 Å². The zero-order valence-electron chi connectivity index (χ0n) is 9.76. The monoisotopic (exact) mass is 263 g/mol. The highest BCUT2D eigenvalue weighted by atomic mass is 32.2. The molecule has 1 N–H and O–H groups in total. The number of amides is 1. The summed E-state index contributed by atoms with van der Waals surface area (Å²) >= 11 is 0. The summed E-state index contributed by atoms with van der Waals surface area (Å²) in [5.74, 6) is -3.23. The molecule has 17 heavy (non-hydrogen) atoms. The molecule has 98 valence electrons. The van der Waals surface area contributed by atoms with E-state index < -0.39 is 33.2 Å². The molecule has 0 aromatic carbocycles. The Balaban J connectivity index is 2.56. The Hall–Kier alpha value is -1.11. The van der Waals surface area contributed by atoms with Gasteiger partial charge in [0.15, 0.2) is 9.84 Å². The van der Waals surface area contributed by atoms with Crippen LogP contribution < -0.4 is 0 Å². The Morgan fingerprint density at radius 3 is 2.53 bits per heavy atom. The second kappa shape index (κ2) is 5.48. The Morgan fingerprint density at radius 1 is 1.35 bits per heavy atom. The second-order valence-electron chi connectivity index (χ2n) is 4.51. The first-order valence-corrected chi connectivity index (χ1v) is 7.32. The molecule has 1 amide bonds. The molecule has 0 radical (unpaired) electrons. The quantitative estimate of drug-likeness (QED) is 0.754. The maximum Gasteiger partial charge on any atom is 0.318 e. The summed E-state index contributed by atoms with van der Waals surface area (Å²) in [6, 6.07) is 0. The zero-order chi connectivity index (χ0) is 13.1. The van der Waals surface area contributed by atoms with E-state index in [0.29, 0.717) is 19.0 Å². The minimum absolute atomic E-state index is 0.370. The number of nitrogens with zero attached hydrogens (tertiary/aromatic N) is 1. The van der Waals surface area contributed by atoms with Crippen LogP contribution in [-0.2, 0) is 19.4 Å². The van der Waals surface area contributed by atoms with Gasteiger partial charge in [0.2, 0.25) is 5.91 Å². The van der Waals surface area contributed by atoms with Crippen LogP contribution in [0.15, 0.2) is 0 Å². The van der Waals surface area contributed by atoms with Crippen molar-refractivity contribution in [2.24, 2.45) is 5.92 Å². The number of carboxylic acid groups (broad SMARTS) is 1. The van der Waals surface area contributed by atoms with Crippen molar-refractivity contribution in [3.05, 3.63) is 0 Å². The lowest BCUT2D eigenvalue weighted by atomic mass is 10.0. The standard InChI is InChI=1S/C10H17NO5S/c1-8-3-2-4-11(5-8)9(12)6-17(15,16)7-10(13)14/h8H,2-7H2,1H3,(H,13,14)/t8-/m0/s1. The number of piperidine rings is 1. The van der Waals surface area contributed by atoms with Crippen LogP contribution in [0.1, 0.15) is 19.8 Å². The summed E-state index contributed by atoms with van der Waals surface area (Å²) < 4.78 is 22.7. The van der Waals surface area contributed by atoms with Crippen molar-refractivity contribution in [2.45, 2.75) is 19.8 Å². The number of hydrogen-bond donors (Lipinski definition) is 1. The molecule has 1 aliphatic rings. The molecule has 0 unspecified atom stereocenters. The lowest BCUT2D eigenvalue weighted by Crippen LogP contribution is -2.42. The Kier molecular flexibility index (Phi) is 4.50. The molecule has 1 rings (SSSR count). The van der Waals surface area contributed by atoms with Gasteiger partial charge in [-0.05, 0) is 18.8 Å². The molecule has 0 spiro atoms. The highest BCUT2D eigenvalue weighted by Crippen LogP contribution is 2.15. The fourth-order valence-corrected chi connectivity index (χ4v) is 2.97. The van der Waals surface area contributed by atoms with Gasteiger partial charge in [0.1, 0.15) is 11.5 Å². The van der Waals surface area contributed by atoms with E-state index in [1.54, 1.807) is 0 Å². The van der Waals surface area contributed by atoms with Gasteiger partial charge in [-0.2, -0.15) is 0 Å². The van der Waals surface area contributed by atoms with Crippen LogP contribution in [0, 0.1) is 5.92 Å². The summed E-state index contributed by atoms with van der Waals surface area (Å²) in [4.78, 5) is 23.5. The molecule has 0 saturated carbocycles. The zero-order valence-corrected chi connectivity index (χ0v) is 10.6. The highest BCUT2D eigenvalue weighted by Gasteiger charge is 2.26. The van der Waals surface area contributed by atoms with Crippen molar-refractivity contribution in [1.29, 1.82) is 0 Å². The first-order valence-electron chi connectivity index (χ1n) is 5.50. The molecule has 1 fully saturated rings. The second-order valence-corrected chi connectivity index (χ2v) is 6.58. The number of aliphatic carboxylic acids is 1. The molecule has 0 bridgehead atoms. The number of carboxylic acids is 1. The number of hydrogen-bond acceptors (Lipinski definition) is 4. The molecule has 1 heterocycles. The molecule has 1 aliphatic heterocycles. The number of carbonyl (C=O) groups is 2. The Labute approximate surface area is 101 Å². The van der Waals surface area contributed by atoms with Crippen LogP contribution in [0.3, 0.4) is 0 Å². The maximum atomic E-state index is 11.7. The van der Waals surface area contributed by atoms with Gasteiger partial charge in [-0.15, -0.1) is 0 Å². The Morgan fingerprint density at radius 2 is 2.00 bits per heavy atom. The highest BCUT2D eigenvalue weighted by molar-refractivity contribution is 7.92. The van der Waals surface area contributed by atoms with E-state index in [4.69, 9.17) is 5.11 Å². The van der Waals surface area contributed by atoms with E-state index in [1.165, 1.54) is 4.90 Å². The SMILES string of the molecule is C[C@H]1CCCN(C(=O)CS(=O)(=O)CC(=O)O)C1. The minimum atomic E-state index is -3.84. The van der Waals surface area contributed by atoms with Gasteiger partial charge in [-0.3, -0.25) is 9.59 Å². The predicted octanol–water partition coefficient (Wildman–Crippen LogP) is -0.256. The first kappa shape index (κ1) is 14.0. The first-order chi connectivity index (χ1) is 7.80. The van der Waals surface area contributed by atoms with Crippen LogP contribution >= 0.6 is 0 Å². The molecule has 1 atom stereocenters. The van der Waals surface area contributed by atoms with Crippen LogP contribution in [0.4, 0.5) is 0 Å². The van der Waals surface area contributed by atoms with E-state index in [2.05, 4.69) is 0 Å². The van der Waals surface area contributed by atoms with Gasteiger partial charge >= 0.3 is 5.97 Å². The third kappa shape index (κ3) is 4.72. The molecular formula is C10H17NO5S. The average molecular weight is 263 g/mol. The molecule has 0 aliphatic carbocycles. The van der Waals surface area contributed by atoms with Gasteiger partial charge in [0.25, 0.3) is 0 Å². The van der Waals surface area contributed by atoms with Gasteiger partial charge < -0.3 is 10.0 Å². The topological polar surface area (TPSA) is 91.8 Å². The van der Waals surface area contributed by atoms with E-state index in [1.807, 2.05) is 6.92 Å². The predicted molar refractivity (Wildman–Crippen MR) is 61.3 cm³/mol. The molecule has 7 heteroatoms. The van der Waals surface area contributed by atoms with E-state index in [-0.39, 0.29) is 0 Å². The third-order valence-corrected chi connectivity index (χ3v) is 4.07. The fourth-order valence-electron chi connectivity index (χ4n) is 1.93. The van der Waals surface area contributed by atoms with Gasteiger partial charge in [-0.25, -0.2) is 8.42 Å². The van der Waals surface area contributed by atoms with Crippen LogP contribution in [0.5, 0.6) is 0 Å². The van der Waals surface area contributed by atoms with Crippen molar-refractivity contribution < 1.29 is 23.1 Å². The van der Waals surface area contributed by atoms with Crippen molar-refractivity contribution in [3.8, 4) is 0 Å². The summed E-state index contributed by atoms with van der Waals surface area (Å²) in [6.45, 7) is 3.12. The van der Waals surface area contributed by atoms with Crippen LogP contribution in [0.25, 0.3) is 0 Å². The third-order valence-electron chi connectivity index (χ3n) is 2.70. The number of likely N-dealkylation sites (tertiary alicyclic amines) is 1. The molecule has 1 saturated heterocycles. The number of carbonyl (C=O) groups excluding carboxylic acids is 1. The summed E-state index contributed by atoms with van der Waals surface area (Å²) in [5, 5.41) is 8.41. The van der Waals surface area contributed by atoms with Crippen molar-refractivity contribution in [1.82, 2.24) is 4.90 Å². The number of sulfone groups is 1. The van der Waals surface area contributed by atoms with Crippen LogP contribution in [-0.4, -0.2) is 54.9 Å². The van der Waals surface area contributed by atoms with Crippen molar-refractivity contribution >= 4 is 21.7 Å². The van der Waals surface area contributed by atoms with Gasteiger partial charge in [0, 0.05) is 13.1 Å². The van der Waals surface area contributed by atoms with Gasteiger partial charge in [0.05, 0.1) is 0 Å².